The molecular weight excluding hydrogens is 278 g/mol. The zero-order valence-electron chi connectivity index (χ0n) is 10.4. The van der Waals surface area contributed by atoms with Crippen molar-refractivity contribution in [1.29, 1.82) is 0 Å². The van der Waals surface area contributed by atoms with E-state index in [0.717, 1.165) is 11.8 Å². The van der Waals surface area contributed by atoms with Crippen LogP contribution >= 0.6 is 11.8 Å². The summed E-state index contributed by atoms with van der Waals surface area (Å²) < 4.78 is 0. The lowest BCUT2D eigenvalue weighted by atomic mass is 10.2. The fraction of sp³-hybridized carbons (Fsp3) is 0.167. The van der Waals surface area contributed by atoms with Crippen molar-refractivity contribution in [3.63, 3.8) is 0 Å². The van der Waals surface area contributed by atoms with Gasteiger partial charge in [0, 0.05) is 12.1 Å². The van der Waals surface area contributed by atoms with Gasteiger partial charge in [-0.25, -0.2) is 0 Å². The summed E-state index contributed by atoms with van der Waals surface area (Å²) >= 11 is 1.08. The molecule has 0 saturated heterocycles. The van der Waals surface area contributed by atoms with E-state index in [-0.39, 0.29) is 23.5 Å². The Bertz CT molecular complexity index is 581. The van der Waals surface area contributed by atoms with Crippen molar-refractivity contribution in [3.8, 4) is 0 Å². The minimum atomic E-state index is -0.586. The fourth-order valence-corrected chi connectivity index (χ4v) is 2.51. The van der Waals surface area contributed by atoms with Crippen LogP contribution in [0.5, 0.6) is 0 Å². The lowest BCUT2D eigenvalue weighted by Crippen LogP contribution is -2.23. The third kappa shape index (κ3) is 3.82. The zero-order chi connectivity index (χ0) is 14.5. The SMILES string of the molecule is NC(N)=NC1=NC(=O)[C@@H](CC(=O)Nc2ccccc2)S1. The van der Waals surface area contributed by atoms with Crippen molar-refractivity contribution < 1.29 is 9.59 Å². The van der Waals surface area contributed by atoms with E-state index < -0.39 is 11.2 Å². The number of nitrogens with two attached hydrogens (primary N) is 2. The van der Waals surface area contributed by atoms with Gasteiger partial charge in [0.1, 0.15) is 5.25 Å². The monoisotopic (exact) mass is 291 g/mol. The van der Waals surface area contributed by atoms with Crippen LogP contribution in [0, 0.1) is 0 Å². The first-order chi connectivity index (χ1) is 9.54. The number of guanidine groups is 1. The van der Waals surface area contributed by atoms with E-state index in [1.165, 1.54) is 0 Å². The average Bonchev–Trinajstić information content (AvgIpc) is 2.69. The number of rotatable bonds is 3. The van der Waals surface area contributed by atoms with Gasteiger partial charge >= 0.3 is 0 Å². The number of para-hydroxylation sites is 1. The van der Waals surface area contributed by atoms with E-state index in [2.05, 4.69) is 15.3 Å². The standard InChI is InChI=1S/C12H13N5O2S/c13-11(14)17-12-16-10(19)8(20-12)6-9(18)15-7-4-2-1-3-5-7/h1-5,8H,6H2,(H,15,18)(H4,13,14,16,17,19)/t8-/m1/s1. The molecule has 1 atom stereocenters. The summed E-state index contributed by atoms with van der Waals surface area (Å²) in [5, 5.41) is 2.31. The van der Waals surface area contributed by atoms with Crippen LogP contribution in [0.1, 0.15) is 6.42 Å². The van der Waals surface area contributed by atoms with Gasteiger partial charge in [0.15, 0.2) is 11.1 Å². The van der Waals surface area contributed by atoms with Crippen LogP contribution < -0.4 is 16.8 Å². The first-order valence-corrected chi connectivity index (χ1v) is 6.66. The molecule has 104 valence electrons. The number of hydrogen-bond donors (Lipinski definition) is 3. The highest BCUT2D eigenvalue weighted by atomic mass is 32.2. The van der Waals surface area contributed by atoms with Gasteiger partial charge in [-0.1, -0.05) is 30.0 Å². The second-order valence-corrected chi connectivity index (χ2v) is 5.16. The molecule has 20 heavy (non-hydrogen) atoms. The van der Waals surface area contributed by atoms with Gasteiger partial charge in [-0.2, -0.15) is 9.98 Å². The van der Waals surface area contributed by atoms with Gasteiger partial charge in [0.05, 0.1) is 0 Å². The number of carbonyl (C=O) groups is 2. The normalized spacial score (nSPS) is 17.5. The molecule has 1 aromatic carbocycles. The van der Waals surface area contributed by atoms with Crippen LogP contribution in [-0.2, 0) is 9.59 Å². The highest BCUT2D eigenvalue weighted by Crippen LogP contribution is 2.26. The molecule has 0 unspecified atom stereocenters. The molecule has 0 bridgehead atoms. The summed E-state index contributed by atoms with van der Waals surface area (Å²) in [5.41, 5.74) is 11.1. The third-order valence-electron chi connectivity index (χ3n) is 2.38. The highest BCUT2D eigenvalue weighted by Gasteiger charge is 2.30. The molecular formula is C12H13N5O2S. The van der Waals surface area contributed by atoms with Crippen molar-refractivity contribution in [2.45, 2.75) is 11.7 Å². The van der Waals surface area contributed by atoms with Crippen molar-refractivity contribution >= 4 is 40.4 Å². The predicted octanol–water partition coefficient (Wildman–Crippen LogP) is 0.287. The van der Waals surface area contributed by atoms with Gasteiger partial charge in [0.2, 0.25) is 5.91 Å². The summed E-state index contributed by atoms with van der Waals surface area (Å²) in [6.45, 7) is 0. The van der Waals surface area contributed by atoms with Crippen molar-refractivity contribution in [3.05, 3.63) is 30.3 Å². The molecule has 0 aliphatic carbocycles. The molecule has 0 radical (unpaired) electrons. The Hall–Kier alpha value is -2.35. The molecule has 1 heterocycles. The van der Waals surface area contributed by atoms with E-state index in [1.807, 2.05) is 18.2 Å². The van der Waals surface area contributed by atoms with Gasteiger partial charge in [-0.3, -0.25) is 9.59 Å². The molecule has 2 rings (SSSR count). The predicted molar refractivity (Wildman–Crippen MR) is 79.3 cm³/mol. The molecule has 1 aromatic rings. The topological polar surface area (TPSA) is 123 Å². The maximum absolute atomic E-state index is 11.8. The number of amides is 2. The Morgan fingerprint density at radius 1 is 1.35 bits per heavy atom. The van der Waals surface area contributed by atoms with E-state index in [0.29, 0.717) is 5.69 Å². The Morgan fingerprint density at radius 2 is 2.05 bits per heavy atom. The second-order valence-electron chi connectivity index (χ2n) is 3.99. The number of thioether (sulfide) groups is 1. The summed E-state index contributed by atoms with van der Waals surface area (Å²) in [6, 6.07) is 9.00. The quantitative estimate of drug-likeness (QED) is 0.545. The molecule has 0 aromatic heterocycles. The molecule has 0 spiro atoms. The Labute approximate surface area is 119 Å². The average molecular weight is 291 g/mol. The van der Waals surface area contributed by atoms with Crippen molar-refractivity contribution in [2.24, 2.45) is 21.5 Å². The van der Waals surface area contributed by atoms with E-state index in [9.17, 15) is 9.59 Å². The summed E-state index contributed by atoms with van der Waals surface area (Å²) in [5.74, 6) is -0.833. The molecule has 7 nitrogen and oxygen atoms in total. The highest BCUT2D eigenvalue weighted by molar-refractivity contribution is 8.15. The van der Waals surface area contributed by atoms with Crippen molar-refractivity contribution in [2.75, 3.05) is 5.32 Å². The number of carbonyl (C=O) groups excluding carboxylic acids is 2. The minimum absolute atomic E-state index is 0.0192. The van der Waals surface area contributed by atoms with E-state index in [1.54, 1.807) is 12.1 Å². The fourth-order valence-electron chi connectivity index (χ4n) is 1.56. The second kappa shape index (κ2) is 6.20. The van der Waals surface area contributed by atoms with Gasteiger partial charge in [0.25, 0.3) is 5.91 Å². The van der Waals surface area contributed by atoms with Crippen LogP contribution in [0.4, 0.5) is 5.69 Å². The Kier molecular flexibility index (Phi) is 4.36. The van der Waals surface area contributed by atoms with Crippen LogP contribution in [0.25, 0.3) is 0 Å². The van der Waals surface area contributed by atoms with Crippen molar-refractivity contribution in [1.82, 2.24) is 0 Å². The maximum atomic E-state index is 11.8. The van der Waals surface area contributed by atoms with Crippen LogP contribution in [0.3, 0.4) is 0 Å². The molecule has 1 aliphatic rings. The molecule has 2 amide bonds. The van der Waals surface area contributed by atoms with E-state index >= 15 is 0 Å². The zero-order valence-corrected chi connectivity index (χ0v) is 11.3. The lowest BCUT2D eigenvalue weighted by molar-refractivity contribution is -0.121. The van der Waals surface area contributed by atoms with E-state index in [4.69, 9.17) is 11.5 Å². The van der Waals surface area contributed by atoms with Crippen LogP contribution in [-0.4, -0.2) is 28.2 Å². The summed E-state index contributed by atoms with van der Waals surface area (Å²) in [7, 11) is 0. The van der Waals surface area contributed by atoms with Crippen LogP contribution in [0.2, 0.25) is 0 Å². The number of anilines is 1. The number of amidine groups is 1. The van der Waals surface area contributed by atoms with Gasteiger partial charge in [-0.15, -0.1) is 0 Å². The Balaban J connectivity index is 1.91. The number of nitrogens with zero attached hydrogens (tertiary/aromatic N) is 2. The minimum Gasteiger partial charge on any atom is -0.370 e. The van der Waals surface area contributed by atoms with Gasteiger partial charge in [-0.05, 0) is 12.1 Å². The van der Waals surface area contributed by atoms with Gasteiger partial charge < -0.3 is 16.8 Å². The maximum Gasteiger partial charge on any atom is 0.262 e. The molecule has 8 heteroatoms. The number of aliphatic imine (C=N–C) groups is 2. The lowest BCUT2D eigenvalue weighted by Gasteiger charge is -2.07. The molecule has 0 fully saturated rings. The molecule has 1 aliphatic heterocycles. The summed E-state index contributed by atoms with van der Waals surface area (Å²) in [6.07, 6.45) is 0.0192. The number of hydrogen-bond acceptors (Lipinski definition) is 4. The third-order valence-corrected chi connectivity index (χ3v) is 3.43. The summed E-state index contributed by atoms with van der Waals surface area (Å²) in [4.78, 5) is 30.8. The largest absolute Gasteiger partial charge is 0.370 e. The first kappa shape index (κ1) is 14.1. The smallest absolute Gasteiger partial charge is 0.262 e. The van der Waals surface area contributed by atoms with Crippen LogP contribution in [0.15, 0.2) is 40.3 Å². The molecule has 5 N–H and O–H groups in total. The Morgan fingerprint density at radius 3 is 2.70 bits per heavy atom. The first-order valence-electron chi connectivity index (χ1n) is 5.78. The number of nitrogens with one attached hydrogen (secondary N) is 1. The molecule has 0 saturated carbocycles. The number of benzene rings is 1.